The first-order chi connectivity index (χ1) is 13.3. The molecule has 2 aromatic carbocycles. The van der Waals surface area contributed by atoms with Crippen LogP contribution in [0, 0.1) is 5.82 Å². The minimum atomic E-state index is -1.10. The number of carbonyl (C=O) groups is 2. The fourth-order valence-corrected chi connectivity index (χ4v) is 3.27. The van der Waals surface area contributed by atoms with Gasteiger partial charge in [-0.25, -0.2) is 8.78 Å². The Hall–Kier alpha value is -2.80. The molecule has 1 fully saturated rings. The van der Waals surface area contributed by atoms with Gasteiger partial charge >= 0.3 is 0 Å². The largest absolute Gasteiger partial charge is 0.348 e. The van der Waals surface area contributed by atoms with E-state index >= 15 is 0 Å². The van der Waals surface area contributed by atoms with E-state index in [2.05, 4.69) is 0 Å². The highest BCUT2D eigenvalue weighted by molar-refractivity contribution is 5.93. The van der Waals surface area contributed by atoms with E-state index in [1.54, 1.807) is 50.5 Å². The van der Waals surface area contributed by atoms with Gasteiger partial charge in [-0.1, -0.05) is 36.4 Å². The first-order valence-electron chi connectivity index (χ1n) is 9.03. The van der Waals surface area contributed by atoms with Crippen LogP contribution < -0.4 is 5.73 Å². The van der Waals surface area contributed by atoms with Gasteiger partial charge in [0.1, 0.15) is 18.0 Å². The molecule has 0 aromatic heterocycles. The number of nitrogens with two attached hydrogens (primary N) is 1. The number of likely N-dealkylation sites (tertiary alicyclic amines) is 1. The summed E-state index contributed by atoms with van der Waals surface area (Å²) < 4.78 is 26.2. The second-order valence-electron chi connectivity index (χ2n) is 7.21. The highest BCUT2D eigenvalue weighted by Gasteiger charge is 2.39. The van der Waals surface area contributed by atoms with Crippen LogP contribution >= 0.6 is 0 Å². The maximum Gasteiger partial charge on any atom is 0.240 e. The zero-order chi connectivity index (χ0) is 20.4. The summed E-state index contributed by atoms with van der Waals surface area (Å²) in [6.07, 6.45) is -1.03. The van der Waals surface area contributed by atoms with Crippen LogP contribution in [0.3, 0.4) is 0 Å². The van der Waals surface area contributed by atoms with Gasteiger partial charge in [0.25, 0.3) is 0 Å². The third kappa shape index (κ3) is 4.04. The maximum absolute atomic E-state index is 13.1. The number of hydrogen-bond acceptors (Lipinski definition) is 3. The summed E-state index contributed by atoms with van der Waals surface area (Å²) in [5.41, 5.74) is 8.43. The second kappa shape index (κ2) is 8.06. The fourth-order valence-electron chi connectivity index (χ4n) is 3.27. The fraction of sp³-hybridized carbons (Fsp3) is 0.333. The Bertz CT molecular complexity index is 847. The number of hydrogen-bond donors (Lipinski definition) is 1. The third-order valence-electron chi connectivity index (χ3n) is 4.95. The van der Waals surface area contributed by atoms with Crippen molar-refractivity contribution in [3.63, 3.8) is 0 Å². The van der Waals surface area contributed by atoms with Gasteiger partial charge in [0, 0.05) is 14.1 Å². The van der Waals surface area contributed by atoms with Crippen molar-refractivity contribution in [2.24, 2.45) is 5.73 Å². The lowest BCUT2D eigenvalue weighted by Gasteiger charge is -2.37. The van der Waals surface area contributed by atoms with Crippen LogP contribution in [-0.2, 0) is 9.59 Å². The van der Waals surface area contributed by atoms with Crippen LogP contribution in [0.25, 0.3) is 11.1 Å². The Morgan fingerprint density at radius 2 is 1.54 bits per heavy atom. The highest BCUT2D eigenvalue weighted by Crippen LogP contribution is 2.27. The standard InChI is InChI=1S/C21H23F2N3O2/c1-25(2)20(27)18(19(24)21(28)26-11-17(23)12-26)15-5-3-13(4-6-15)14-7-9-16(22)10-8-14/h3-10,17-19H,11-12,24H2,1-2H3/t18?,19-/m0/s1. The van der Waals surface area contributed by atoms with E-state index in [0.29, 0.717) is 5.56 Å². The van der Waals surface area contributed by atoms with Gasteiger partial charge in [0.2, 0.25) is 11.8 Å². The Labute approximate surface area is 162 Å². The molecular weight excluding hydrogens is 364 g/mol. The maximum atomic E-state index is 13.1. The zero-order valence-electron chi connectivity index (χ0n) is 15.8. The van der Waals surface area contributed by atoms with E-state index in [-0.39, 0.29) is 24.8 Å². The van der Waals surface area contributed by atoms with Crippen LogP contribution in [0.15, 0.2) is 48.5 Å². The van der Waals surface area contributed by atoms with Gasteiger partial charge in [-0.3, -0.25) is 9.59 Å². The molecule has 7 heteroatoms. The Morgan fingerprint density at radius 3 is 2.00 bits per heavy atom. The summed E-state index contributed by atoms with van der Waals surface area (Å²) >= 11 is 0. The van der Waals surface area contributed by atoms with Crippen molar-refractivity contribution in [3.8, 4) is 11.1 Å². The summed E-state index contributed by atoms with van der Waals surface area (Å²) in [5, 5.41) is 0. The number of amides is 2. The highest BCUT2D eigenvalue weighted by atomic mass is 19.1. The number of nitrogens with zero attached hydrogens (tertiary/aromatic N) is 2. The predicted molar refractivity (Wildman–Crippen MR) is 103 cm³/mol. The number of likely N-dealkylation sites (N-methyl/N-ethyl adjacent to an activating group) is 1. The Kier molecular flexibility index (Phi) is 5.74. The molecule has 0 spiro atoms. The smallest absolute Gasteiger partial charge is 0.240 e. The summed E-state index contributed by atoms with van der Waals surface area (Å²) in [6, 6.07) is 12.1. The quantitative estimate of drug-likeness (QED) is 0.855. The van der Waals surface area contributed by atoms with Crippen molar-refractivity contribution in [1.82, 2.24) is 9.80 Å². The van der Waals surface area contributed by atoms with Gasteiger partial charge in [0.05, 0.1) is 19.0 Å². The molecule has 2 amide bonds. The molecule has 2 atom stereocenters. The topological polar surface area (TPSA) is 66.6 Å². The lowest BCUT2D eigenvalue weighted by molar-refractivity contribution is -0.143. The molecular formula is C21H23F2N3O2. The van der Waals surface area contributed by atoms with Gasteiger partial charge in [-0.15, -0.1) is 0 Å². The van der Waals surface area contributed by atoms with Gasteiger partial charge in [-0.2, -0.15) is 0 Å². The molecule has 0 radical (unpaired) electrons. The summed E-state index contributed by atoms with van der Waals surface area (Å²) in [7, 11) is 3.20. The molecule has 1 aliphatic rings. The van der Waals surface area contributed by atoms with Crippen molar-refractivity contribution < 1.29 is 18.4 Å². The third-order valence-corrected chi connectivity index (χ3v) is 4.95. The Morgan fingerprint density at radius 1 is 1.04 bits per heavy atom. The van der Waals surface area contributed by atoms with E-state index in [4.69, 9.17) is 5.73 Å². The van der Waals surface area contributed by atoms with E-state index in [0.717, 1.165) is 11.1 Å². The molecule has 0 aliphatic carbocycles. The molecule has 1 unspecified atom stereocenters. The lowest BCUT2D eigenvalue weighted by atomic mass is 9.88. The van der Waals surface area contributed by atoms with E-state index in [1.807, 2.05) is 0 Å². The number of halogens is 2. The molecule has 2 aromatic rings. The molecule has 1 saturated heterocycles. The average molecular weight is 387 g/mol. The van der Waals surface area contributed by atoms with Crippen LogP contribution in [0.1, 0.15) is 11.5 Å². The van der Waals surface area contributed by atoms with E-state index < -0.39 is 24.0 Å². The SMILES string of the molecule is CN(C)C(=O)C(c1ccc(-c2ccc(F)cc2)cc1)[C@H](N)C(=O)N1CC(F)C1. The number of carbonyl (C=O) groups excluding carboxylic acids is 2. The van der Waals surface area contributed by atoms with Gasteiger partial charge in [0.15, 0.2) is 0 Å². The minimum Gasteiger partial charge on any atom is -0.348 e. The van der Waals surface area contributed by atoms with Crippen molar-refractivity contribution in [2.45, 2.75) is 18.1 Å². The molecule has 1 aliphatic heterocycles. The summed E-state index contributed by atoms with van der Waals surface area (Å²) in [5.74, 6) is -1.92. The predicted octanol–water partition coefficient (Wildman–Crippen LogP) is 2.17. The summed E-state index contributed by atoms with van der Waals surface area (Å²) in [6.45, 7) is 0.0256. The molecule has 28 heavy (non-hydrogen) atoms. The van der Waals surface area contributed by atoms with Gasteiger partial charge < -0.3 is 15.5 Å². The van der Waals surface area contributed by atoms with Gasteiger partial charge in [-0.05, 0) is 28.8 Å². The average Bonchev–Trinajstić information content (AvgIpc) is 2.66. The van der Waals surface area contributed by atoms with Crippen molar-refractivity contribution in [2.75, 3.05) is 27.2 Å². The minimum absolute atomic E-state index is 0.0128. The number of alkyl halides is 1. The monoisotopic (exact) mass is 387 g/mol. The molecule has 0 saturated carbocycles. The Balaban J connectivity index is 1.86. The second-order valence-corrected chi connectivity index (χ2v) is 7.21. The molecule has 2 N–H and O–H groups in total. The molecule has 3 rings (SSSR count). The van der Waals surface area contributed by atoms with E-state index in [9.17, 15) is 18.4 Å². The molecule has 0 bridgehead atoms. The summed E-state index contributed by atoms with van der Waals surface area (Å²) in [4.78, 5) is 28.0. The van der Waals surface area contributed by atoms with Crippen LogP contribution in [0.4, 0.5) is 8.78 Å². The van der Waals surface area contributed by atoms with Crippen LogP contribution in [0.5, 0.6) is 0 Å². The lowest BCUT2D eigenvalue weighted by Crippen LogP contribution is -2.58. The van der Waals surface area contributed by atoms with Crippen molar-refractivity contribution in [3.05, 3.63) is 59.9 Å². The van der Waals surface area contributed by atoms with Crippen molar-refractivity contribution >= 4 is 11.8 Å². The van der Waals surface area contributed by atoms with E-state index in [1.165, 1.54) is 21.9 Å². The first kappa shape index (κ1) is 19.9. The number of rotatable bonds is 5. The van der Waals surface area contributed by atoms with Crippen LogP contribution in [-0.4, -0.2) is 61.0 Å². The zero-order valence-corrected chi connectivity index (χ0v) is 15.8. The molecule has 5 nitrogen and oxygen atoms in total. The molecule has 148 valence electrons. The first-order valence-corrected chi connectivity index (χ1v) is 9.03. The van der Waals surface area contributed by atoms with Crippen molar-refractivity contribution in [1.29, 1.82) is 0 Å². The van der Waals surface area contributed by atoms with Crippen LogP contribution in [0.2, 0.25) is 0 Å². The number of benzene rings is 2. The normalized spacial score (nSPS) is 16.2. The molecule has 1 heterocycles.